The molecule has 2 atom stereocenters. The van der Waals surface area contributed by atoms with Crippen LogP contribution in [0.25, 0.3) is 0 Å². The molecule has 32 heavy (non-hydrogen) atoms. The number of fused-ring (bicyclic) bond motifs is 2. The molecule has 166 valence electrons. The van der Waals surface area contributed by atoms with Crippen LogP contribution in [0, 0.1) is 0 Å². The summed E-state index contributed by atoms with van der Waals surface area (Å²) in [5.74, 6) is 1.41. The summed E-state index contributed by atoms with van der Waals surface area (Å²) in [5, 5.41) is 0. The fourth-order valence-electron chi connectivity index (χ4n) is 6.25. The number of benzene rings is 3. The van der Waals surface area contributed by atoms with Crippen molar-refractivity contribution >= 4 is 16.1 Å². The van der Waals surface area contributed by atoms with Gasteiger partial charge in [-0.2, -0.15) is 0 Å². The molecule has 6 bridgehead atoms. The summed E-state index contributed by atoms with van der Waals surface area (Å²) in [4.78, 5) is 0. The predicted molar refractivity (Wildman–Crippen MR) is 144 cm³/mol. The molecule has 3 aromatic carbocycles. The van der Waals surface area contributed by atoms with Crippen molar-refractivity contribution in [1.82, 2.24) is 0 Å². The molecule has 2 heteroatoms. The molecule has 0 spiro atoms. The van der Waals surface area contributed by atoms with E-state index in [0.29, 0.717) is 11.8 Å². The topological polar surface area (TPSA) is 0 Å². The van der Waals surface area contributed by atoms with Crippen molar-refractivity contribution < 1.29 is 0 Å². The lowest BCUT2D eigenvalue weighted by molar-refractivity contribution is 0.346. The summed E-state index contributed by atoms with van der Waals surface area (Å²) in [6.07, 6.45) is 2.67. The van der Waals surface area contributed by atoms with Gasteiger partial charge in [0.25, 0.3) is 0 Å². The Hall–Kier alpha value is -1.91. The second-order valence-corrected chi connectivity index (χ2v) is 22.2. The van der Waals surface area contributed by atoms with Crippen LogP contribution >= 0.6 is 0 Å². The zero-order valence-corrected chi connectivity index (χ0v) is 22.3. The summed E-state index contributed by atoms with van der Waals surface area (Å²) >= 11 is 0. The Morgan fingerprint density at radius 2 is 0.875 bits per heavy atom. The van der Waals surface area contributed by atoms with E-state index >= 15 is 0 Å². The third-order valence-electron chi connectivity index (χ3n) is 7.81. The van der Waals surface area contributed by atoms with Gasteiger partial charge in [0.15, 0.2) is 0 Å². The minimum atomic E-state index is -1.36. The molecule has 0 saturated heterocycles. The van der Waals surface area contributed by atoms with Crippen LogP contribution in [0.5, 0.6) is 0 Å². The highest BCUT2D eigenvalue weighted by Gasteiger charge is 2.33. The Morgan fingerprint density at radius 1 is 0.500 bits per heavy atom. The van der Waals surface area contributed by atoms with Crippen LogP contribution in [0.4, 0.5) is 0 Å². The lowest BCUT2D eigenvalue weighted by atomic mass is 9.67. The van der Waals surface area contributed by atoms with Gasteiger partial charge >= 0.3 is 0 Å². The van der Waals surface area contributed by atoms with E-state index in [1.807, 2.05) is 0 Å². The molecule has 3 heterocycles. The van der Waals surface area contributed by atoms with Gasteiger partial charge in [-0.25, -0.2) is 0 Å². The summed E-state index contributed by atoms with van der Waals surface area (Å²) in [5.41, 5.74) is 9.28. The molecule has 1 fully saturated rings. The summed E-state index contributed by atoms with van der Waals surface area (Å²) < 4.78 is 0. The van der Waals surface area contributed by atoms with Gasteiger partial charge in [-0.1, -0.05) is 121 Å². The maximum Gasteiger partial charge on any atom is 0.0561 e. The third-order valence-corrected chi connectivity index (χ3v) is 13.3. The van der Waals surface area contributed by atoms with E-state index in [9.17, 15) is 0 Å². The largest absolute Gasteiger partial charge is 0.0689 e. The average molecular weight is 455 g/mol. The molecule has 0 radical (unpaired) electrons. The number of rotatable bonds is 0. The van der Waals surface area contributed by atoms with Crippen LogP contribution in [-0.4, -0.2) is 16.1 Å². The van der Waals surface area contributed by atoms with Crippen molar-refractivity contribution in [2.24, 2.45) is 0 Å². The fourth-order valence-corrected chi connectivity index (χ4v) is 11.8. The molecular weight excluding hydrogens is 417 g/mol. The van der Waals surface area contributed by atoms with Crippen molar-refractivity contribution in [2.45, 2.75) is 75.0 Å². The van der Waals surface area contributed by atoms with Gasteiger partial charge in [0.05, 0.1) is 16.1 Å². The summed E-state index contributed by atoms with van der Waals surface area (Å²) in [6.45, 7) is 10.3. The quantitative estimate of drug-likeness (QED) is 0.304. The highest BCUT2D eigenvalue weighted by atomic mass is 28.3. The molecule has 0 nitrogen and oxygen atoms in total. The summed E-state index contributed by atoms with van der Waals surface area (Å²) in [6, 6.07) is 34.1. The molecule has 0 N–H and O–H groups in total. The van der Waals surface area contributed by atoms with Gasteiger partial charge < -0.3 is 0 Å². The number of hydrogen-bond donors (Lipinski definition) is 0. The normalized spacial score (nSPS) is 24.0. The van der Waals surface area contributed by atoms with E-state index < -0.39 is 16.1 Å². The van der Waals surface area contributed by atoms with Crippen LogP contribution in [0.3, 0.4) is 0 Å². The van der Waals surface area contributed by atoms with Gasteiger partial charge in [0, 0.05) is 0 Å². The van der Waals surface area contributed by atoms with Gasteiger partial charge in [-0.3, -0.25) is 0 Å². The smallest absolute Gasteiger partial charge is 0.0561 e. The Bertz CT molecular complexity index is 992. The molecule has 7 rings (SSSR count). The van der Waals surface area contributed by atoms with Crippen LogP contribution < -0.4 is 0 Å². The van der Waals surface area contributed by atoms with E-state index in [0.717, 1.165) is 0 Å². The van der Waals surface area contributed by atoms with Crippen LogP contribution in [0.1, 0.15) is 58.1 Å². The average Bonchev–Trinajstić information content (AvgIpc) is 2.68. The highest BCUT2D eigenvalue weighted by molar-refractivity contribution is 6.76. The van der Waals surface area contributed by atoms with Gasteiger partial charge in [0.2, 0.25) is 0 Å². The van der Waals surface area contributed by atoms with Crippen LogP contribution in [0.2, 0.25) is 26.2 Å². The van der Waals surface area contributed by atoms with E-state index in [2.05, 4.69) is 99.0 Å². The van der Waals surface area contributed by atoms with Crippen LogP contribution in [0.15, 0.2) is 72.8 Å². The maximum absolute atomic E-state index is 2.57. The van der Waals surface area contributed by atoms with Gasteiger partial charge in [-0.15, -0.1) is 0 Å². The van der Waals surface area contributed by atoms with Crippen molar-refractivity contribution in [3.63, 3.8) is 0 Å². The van der Waals surface area contributed by atoms with Gasteiger partial charge in [0.1, 0.15) is 0 Å². The van der Waals surface area contributed by atoms with E-state index in [4.69, 9.17) is 0 Å². The highest BCUT2D eigenvalue weighted by Crippen LogP contribution is 2.49. The first-order valence-corrected chi connectivity index (χ1v) is 19.3. The third kappa shape index (κ3) is 4.87. The lowest BCUT2D eigenvalue weighted by Crippen LogP contribution is -2.34. The van der Waals surface area contributed by atoms with E-state index in [-0.39, 0.29) is 0 Å². The molecule has 4 aliphatic rings. The zero-order valence-electron chi connectivity index (χ0n) is 20.3. The molecule has 1 saturated carbocycles. The number of hydrogen-bond acceptors (Lipinski definition) is 0. The van der Waals surface area contributed by atoms with Crippen molar-refractivity contribution in [1.29, 1.82) is 0 Å². The molecule has 0 unspecified atom stereocenters. The SMILES string of the molecule is C[Si]1(C)Cc2ccc(cc2)[C@H]2CC[C@H]2c2ccc(cc2)C[Si](C)(C)Cc2cccc(c2)C1. The Kier molecular flexibility index (Phi) is 5.79. The van der Waals surface area contributed by atoms with Crippen molar-refractivity contribution in [3.05, 3.63) is 106 Å². The monoisotopic (exact) mass is 454 g/mol. The molecule has 3 aliphatic heterocycles. The standard InChI is InChI=1S/C30H38Si2/c1-31(2)19-23-8-12-27(13-9-23)29-16-17-30(29)28-14-10-24(11-15-28)20-32(3,4)22-26-7-5-6-25(18-26)21-31/h5-15,18,29-30H,16-17,19-22H2,1-4H3/t29-,30+. The van der Waals surface area contributed by atoms with Crippen molar-refractivity contribution in [2.75, 3.05) is 0 Å². The first kappa shape index (κ1) is 21.9. The van der Waals surface area contributed by atoms with E-state index in [1.54, 1.807) is 22.3 Å². The Labute approximate surface area is 197 Å². The molecular formula is C30H38Si2. The fraction of sp³-hybridized carbons (Fsp3) is 0.400. The van der Waals surface area contributed by atoms with Crippen LogP contribution in [-0.2, 0) is 24.2 Å². The molecule has 0 aromatic heterocycles. The van der Waals surface area contributed by atoms with Gasteiger partial charge in [-0.05, 0) is 60.0 Å². The van der Waals surface area contributed by atoms with Crippen molar-refractivity contribution in [3.8, 4) is 0 Å². The minimum absolute atomic E-state index is 0.703. The first-order valence-electron chi connectivity index (χ1n) is 12.5. The minimum Gasteiger partial charge on any atom is -0.0689 e. The molecule has 1 aliphatic carbocycles. The lowest BCUT2D eigenvalue weighted by Gasteiger charge is -2.38. The predicted octanol–water partition coefficient (Wildman–Crippen LogP) is 7.81. The zero-order chi connectivity index (χ0) is 22.3. The Balaban J connectivity index is 1.51. The second kappa shape index (κ2) is 8.46. The Morgan fingerprint density at radius 3 is 1.25 bits per heavy atom. The molecule has 0 amide bonds. The maximum atomic E-state index is 2.57. The van der Waals surface area contributed by atoms with E-state index in [1.165, 1.54) is 48.1 Å². The summed E-state index contributed by atoms with van der Waals surface area (Å²) in [7, 11) is -2.72. The molecule has 3 aromatic rings. The first-order chi connectivity index (χ1) is 15.3. The second-order valence-electron chi connectivity index (χ2n) is 12.1.